The van der Waals surface area contributed by atoms with E-state index >= 15 is 0 Å². The molecule has 0 aromatic heterocycles. The summed E-state index contributed by atoms with van der Waals surface area (Å²) in [6, 6.07) is 9.15. The molecule has 1 aromatic rings. The van der Waals surface area contributed by atoms with Gasteiger partial charge in [0.2, 0.25) is 5.91 Å². The Balaban J connectivity index is 1.72. The van der Waals surface area contributed by atoms with Gasteiger partial charge in [-0.15, -0.1) is 11.8 Å². The molecule has 3 aliphatic heterocycles. The maximum atomic E-state index is 12.8. The van der Waals surface area contributed by atoms with E-state index in [4.69, 9.17) is 0 Å². The number of fused-ring (bicyclic) bond motifs is 4. The number of hydrogen-bond acceptors (Lipinski definition) is 3. The summed E-state index contributed by atoms with van der Waals surface area (Å²) in [6.45, 7) is 7.84. The van der Waals surface area contributed by atoms with Crippen LogP contribution in [-0.2, 0) is 11.3 Å². The van der Waals surface area contributed by atoms with Gasteiger partial charge in [0, 0.05) is 37.1 Å². The maximum absolute atomic E-state index is 12.8. The van der Waals surface area contributed by atoms with Crippen LogP contribution in [0.1, 0.15) is 32.3 Å². The minimum atomic E-state index is 0.179. The third-order valence-corrected chi connectivity index (χ3v) is 5.83. The third-order valence-electron chi connectivity index (χ3n) is 5.11. The molecule has 4 rings (SSSR count). The Kier molecular flexibility index (Phi) is 5.67. The summed E-state index contributed by atoms with van der Waals surface area (Å²) in [5, 5.41) is 0. The van der Waals surface area contributed by atoms with E-state index < -0.39 is 0 Å². The number of carbonyl (C=O) groups is 1. The molecule has 0 unspecified atom stereocenters. The van der Waals surface area contributed by atoms with Gasteiger partial charge in [-0.2, -0.15) is 0 Å². The molecule has 3 nitrogen and oxygen atoms in total. The third kappa shape index (κ3) is 4.04. The number of carbonyl (C=O) groups excluding carboxylic acids is 1. The van der Waals surface area contributed by atoms with E-state index in [9.17, 15) is 4.79 Å². The van der Waals surface area contributed by atoms with Crippen molar-refractivity contribution in [1.29, 1.82) is 0 Å². The smallest absolute Gasteiger partial charge is 0.227 e. The van der Waals surface area contributed by atoms with E-state index in [0.29, 0.717) is 11.9 Å². The fourth-order valence-corrected chi connectivity index (χ4v) is 4.29. The molecule has 3 heterocycles. The van der Waals surface area contributed by atoms with E-state index in [1.165, 1.54) is 16.0 Å². The molecule has 0 N–H and O–H groups in total. The Morgan fingerprint density at radius 2 is 2.12 bits per heavy atom. The lowest BCUT2D eigenvalue weighted by Crippen LogP contribution is -2.47. The van der Waals surface area contributed by atoms with Crippen molar-refractivity contribution in [3.8, 4) is 0 Å². The SMILES string of the molecule is CSc1cccc(CN2C[C@H]3CC[C@@H](C2)N(CC=C(C)C)C3=O)c1. The van der Waals surface area contributed by atoms with Crippen LogP contribution in [-0.4, -0.2) is 47.6 Å². The van der Waals surface area contributed by atoms with Gasteiger partial charge < -0.3 is 4.90 Å². The van der Waals surface area contributed by atoms with Gasteiger partial charge in [0.25, 0.3) is 0 Å². The van der Waals surface area contributed by atoms with Crippen LogP contribution in [0.4, 0.5) is 0 Å². The van der Waals surface area contributed by atoms with Crippen molar-refractivity contribution in [3.05, 3.63) is 41.5 Å². The Morgan fingerprint density at radius 3 is 2.88 bits per heavy atom. The number of rotatable bonds is 5. The number of piperidine rings is 1. The van der Waals surface area contributed by atoms with Crippen molar-refractivity contribution in [3.63, 3.8) is 0 Å². The van der Waals surface area contributed by atoms with Crippen LogP contribution in [0.3, 0.4) is 0 Å². The van der Waals surface area contributed by atoms with E-state index in [-0.39, 0.29) is 5.92 Å². The summed E-state index contributed by atoms with van der Waals surface area (Å²) < 4.78 is 0. The standard InChI is InChI=1S/C20H28N2OS/c1-15(2)9-10-22-18-8-7-17(20(22)23)13-21(14-18)12-16-5-4-6-19(11-16)24-3/h4-6,9,11,17-18H,7-8,10,12-14H2,1-3H3/t17-,18+/m1/s1. The largest absolute Gasteiger partial charge is 0.334 e. The van der Waals surface area contributed by atoms with Gasteiger partial charge in [-0.25, -0.2) is 0 Å². The molecule has 4 heteroatoms. The predicted octanol–water partition coefficient (Wildman–Crippen LogP) is 3.80. The second kappa shape index (κ2) is 7.75. The minimum absolute atomic E-state index is 0.179. The van der Waals surface area contributed by atoms with Gasteiger partial charge in [0.1, 0.15) is 0 Å². The van der Waals surface area contributed by atoms with Gasteiger partial charge in [0.15, 0.2) is 0 Å². The van der Waals surface area contributed by atoms with Crippen molar-refractivity contribution >= 4 is 17.7 Å². The molecule has 2 bridgehead atoms. The van der Waals surface area contributed by atoms with E-state index in [2.05, 4.69) is 60.2 Å². The molecule has 0 spiro atoms. The molecule has 0 aliphatic carbocycles. The number of allylic oxidation sites excluding steroid dienone is 1. The summed E-state index contributed by atoms with van der Waals surface area (Å²) in [4.78, 5) is 18.7. The summed E-state index contributed by atoms with van der Waals surface area (Å²) in [7, 11) is 0. The minimum Gasteiger partial charge on any atom is -0.334 e. The molecule has 1 amide bonds. The van der Waals surface area contributed by atoms with E-state index in [1.807, 2.05) is 0 Å². The fraction of sp³-hybridized carbons (Fsp3) is 0.550. The first-order valence-corrected chi connectivity index (χ1v) is 10.1. The van der Waals surface area contributed by atoms with Gasteiger partial charge in [-0.05, 0) is 50.6 Å². The topological polar surface area (TPSA) is 23.6 Å². The molecule has 3 fully saturated rings. The fourth-order valence-electron chi connectivity index (χ4n) is 3.81. The van der Waals surface area contributed by atoms with E-state index in [0.717, 1.165) is 39.0 Å². The summed E-state index contributed by atoms with van der Waals surface area (Å²) in [5.41, 5.74) is 2.64. The highest BCUT2D eigenvalue weighted by Gasteiger charge is 2.39. The lowest BCUT2D eigenvalue weighted by Gasteiger charge is -2.35. The number of hydrogen-bond donors (Lipinski definition) is 0. The van der Waals surface area contributed by atoms with Gasteiger partial charge in [-0.3, -0.25) is 9.69 Å². The molecule has 1 aromatic carbocycles. The zero-order valence-corrected chi connectivity index (χ0v) is 15.8. The van der Waals surface area contributed by atoms with Crippen molar-refractivity contribution in [1.82, 2.24) is 9.80 Å². The average molecular weight is 345 g/mol. The number of nitrogens with zero attached hydrogens (tertiary/aromatic N) is 2. The lowest BCUT2D eigenvalue weighted by molar-refractivity contribution is -0.139. The second-order valence-corrected chi connectivity index (χ2v) is 8.13. The normalized spacial score (nSPS) is 24.1. The monoisotopic (exact) mass is 344 g/mol. The van der Waals surface area contributed by atoms with Crippen LogP contribution in [0.5, 0.6) is 0 Å². The zero-order valence-electron chi connectivity index (χ0n) is 15.0. The van der Waals surface area contributed by atoms with Crippen LogP contribution >= 0.6 is 11.8 Å². The Morgan fingerprint density at radius 1 is 1.29 bits per heavy atom. The number of amides is 1. The molecule has 0 radical (unpaired) electrons. The van der Waals surface area contributed by atoms with Crippen molar-refractivity contribution in [2.45, 2.75) is 44.2 Å². The van der Waals surface area contributed by atoms with Gasteiger partial charge in [0.05, 0.1) is 5.92 Å². The molecule has 3 saturated heterocycles. The van der Waals surface area contributed by atoms with Crippen LogP contribution < -0.4 is 0 Å². The highest BCUT2D eigenvalue weighted by molar-refractivity contribution is 7.98. The van der Waals surface area contributed by atoms with Crippen molar-refractivity contribution in [2.24, 2.45) is 5.92 Å². The van der Waals surface area contributed by atoms with E-state index in [1.54, 1.807) is 11.8 Å². The number of benzene rings is 1. The van der Waals surface area contributed by atoms with Crippen molar-refractivity contribution < 1.29 is 4.79 Å². The highest BCUT2D eigenvalue weighted by Crippen LogP contribution is 2.30. The first kappa shape index (κ1) is 17.6. The predicted molar refractivity (Wildman–Crippen MR) is 101 cm³/mol. The first-order chi connectivity index (χ1) is 11.6. The van der Waals surface area contributed by atoms with Gasteiger partial charge in [-0.1, -0.05) is 23.8 Å². The summed E-state index contributed by atoms with van der Waals surface area (Å²) in [5.74, 6) is 0.544. The van der Waals surface area contributed by atoms with Gasteiger partial charge >= 0.3 is 0 Å². The van der Waals surface area contributed by atoms with Crippen molar-refractivity contribution in [2.75, 3.05) is 25.9 Å². The lowest BCUT2D eigenvalue weighted by atomic mass is 9.94. The van der Waals surface area contributed by atoms with Crippen LogP contribution in [0.15, 0.2) is 40.8 Å². The summed E-state index contributed by atoms with van der Waals surface area (Å²) in [6.07, 6.45) is 6.50. The van der Waals surface area contributed by atoms with Crippen LogP contribution in [0.25, 0.3) is 0 Å². The highest BCUT2D eigenvalue weighted by atomic mass is 32.2. The molecule has 24 heavy (non-hydrogen) atoms. The number of thioether (sulfide) groups is 1. The molecule has 130 valence electrons. The quantitative estimate of drug-likeness (QED) is 0.600. The average Bonchev–Trinajstić information content (AvgIpc) is 2.83. The Bertz CT molecular complexity index is 624. The van der Waals surface area contributed by atoms with Crippen LogP contribution in [0.2, 0.25) is 0 Å². The Hall–Kier alpha value is -1.26. The maximum Gasteiger partial charge on any atom is 0.227 e. The first-order valence-electron chi connectivity index (χ1n) is 8.86. The Labute approximate surface area is 150 Å². The molecule has 3 aliphatic rings. The summed E-state index contributed by atoms with van der Waals surface area (Å²) >= 11 is 1.79. The second-order valence-electron chi connectivity index (χ2n) is 7.25. The molecular weight excluding hydrogens is 316 g/mol. The zero-order chi connectivity index (χ0) is 17.1. The van der Waals surface area contributed by atoms with Crippen LogP contribution in [0, 0.1) is 5.92 Å². The molecular formula is C20H28N2OS. The molecule has 2 atom stereocenters. The molecule has 0 saturated carbocycles.